The third-order valence-corrected chi connectivity index (χ3v) is 2.46. The number of benzene rings is 1. The monoisotopic (exact) mass is 222 g/mol. The molecule has 0 saturated carbocycles. The van der Waals surface area contributed by atoms with Gasteiger partial charge in [0.25, 0.3) is 0 Å². The number of hydrogen-bond donors (Lipinski definition) is 1. The summed E-state index contributed by atoms with van der Waals surface area (Å²) in [5.74, 6) is -1.10. The second-order valence-corrected chi connectivity index (χ2v) is 3.76. The van der Waals surface area contributed by atoms with Gasteiger partial charge in [-0.15, -0.1) is 0 Å². The Balaban J connectivity index is 2.32. The van der Waals surface area contributed by atoms with Crippen molar-refractivity contribution in [3.05, 3.63) is 29.6 Å². The Labute approximate surface area is 92.0 Å². The van der Waals surface area contributed by atoms with E-state index >= 15 is 0 Å². The maximum atomic E-state index is 13.1. The smallest absolute Gasteiger partial charge is 0.246 e. The van der Waals surface area contributed by atoms with Crippen LogP contribution in [0.25, 0.3) is 0 Å². The number of carbonyl (C=O) groups excluding carboxylic acids is 2. The highest BCUT2D eigenvalue weighted by atomic mass is 19.1. The molecule has 1 saturated heterocycles. The van der Waals surface area contributed by atoms with Crippen LogP contribution in [0.3, 0.4) is 0 Å². The molecule has 16 heavy (non-hydrogen) atoms. The van der Waals surface area contributed by atoms with Crippen molar-refractivity contribution < 1.29 is 14.0 Å². The van der Waals surface area contributed by atoms with Gasteiger partial charge in [0.2, 0.25) is 11.8 Å². The summed E-state index contributed by atoms with van der Waals surface area (Å²) in [4.78, 5) is 23.9. The van der Waals surface area contributed by atoms with Gasteiger partial charge in [-0.1, -0.05) is 6.07 Å². The van der Waals surface area contributed by atoms with Crippen molar-refractivity contribution in [1.29, 1.82) is 0 Å². The van der Waals surface area contributed by atoms with Gasteiger partial charge < -0.3 is 4.90 Å². The molecule has 0 bridgehead atoms. The summed E-state index contributed by atoms with van der Waals surface area (Å²) < 4.78 is 13.1. The molecule has 1 heterocycles. The lowest BCUT2D eigenvalue weighted by Crippen LogP contribution is -2.51. The van der Waals surface area contributed by atoms with Crippen LogP contribution in [-0.2, 0) is 9.59 Å². The highest BCUT2D eigenvalue weighted by Gasteiger charge is 2.23. The average Bonchev–Trinajstić information content (AvgIpc) is 2.20. The number of carbonyl (C=O) groups is 2. The van der Waals surface area contributed by atoms with Gasteiger partial charge >= 0.3 is 0 Å². The summed E-state index contributed by atoms with van der Waals surface area (Å²) >= 11 is 0. The van der Waals surface area contributed by atoms with Crippen molar-refractivity contribution in [3.8, 4) is 0 Å². The third-order valence-electron chi connectivity index (χ3n) is 2.46. The average molecular weight is 222 g/mol. The van der Waals surface area contributed by atoms with Gasteiger partial charge in [-0.05, 0) is 24.6 Å². The quantitative estimate of drug-likeness (QED) is 0.708. The minimum absolute atomic E-state index is 0.0794. The molecule has 0 radical (unpaired) electrons. The first-order valence-corrected chi connectivity index (χ1v) is 4.90. The fraction of sp³-hybridized carbons (Fsp3) is 0.273. The predicted molar refractivity (Wildman–Crippen MR) is 56.5 cm³/mol. The van der Waals surface area contributed by atoms with E-state index in [-0.39, 0.29) is 30.7 Å². The van der Waals surface area contributed by atoms with Crippen LogP contribution < -0.4 is 10.2 Å². The molecule has 1 aromatic rings. The summed E-state index contributed by atoms with van der Waals surface area (Å²) in [6.07, 6.45) is 0. The molecule has 1 aromatic carbocycles. The van der Waals surface area contributed by atoms with Gasteiger partial charge in [0.1, 0.15) is 5.82 Å². The minimum atomic E-state index is -0.376. The first-order valence-electron chi connectivity index (χ1n) is 4.90. The molecular weight excluding hydrogens is 211 g/mol. The SMILES string of the molecule is Cc1ccc(F)cc1N1CC(=O)NC(=O)C1. The number of imide groups is 1. The second kappa shape index (κ2) is 3.92. The normalized spacial score (nSPS) is 16.2. The van der Waals surface area contributed by atoms with E-state index in [1.807, 2.05) is 6.92 Å². The van der Waals surface area contributed by atoms with E-state index in [2.05, 4.69) is 5.32 Å². The first-order chi connectivity index (χ1) is 7.56. The number of nitrogens with zero attached hydrogens (tertiary/aromatic N) is 1. The molecule has 2 rings (SSSR count). The fourth-order valence-electron chi connectivity index (χ4n) is 1.73. The molecule has 1 aliphatic rings. The molecular formula is C11H11FN2O2. The van der Waals surface area contributed by atoms with Crippen molar-refractivity contribution in [3.63, 3.8) is 0 Å². The van der Waals surface area contributed by atoms with E-state index < -0.39 is 0 Å². The van der Waals surface area contributed by atoms with Crippen molar-refractivity contribution in [1.82, 2.24) is 5.32 Å². The van der Waals surface area contributed by atoms with Crippen molar-refractivity contribution in [2.24, 2.45) is 0 Å². The van der Waals surface area contributed by atoms with Crippen LogP contribution in [0.15, 0.2) is 18.2 Å². The minimum Gasteiger partial charge on any atom is -0.353 e. The van der Waals surface area contributed by atoms with Crippen LogP contribution in [0.1, 0.15) is 5.56 Å². The van der Waals surface area contributed by atoms with Gasteiger partial charge in [0, 0.05) is 5.69 Å². The van der Waals surface area contributed by atoms with Crippen molar-refractivity contribution in [2.75, 3.05) is 18.0 Å². The molecule has 0 aromatic heterocycles. The Morgan fingerprint density at radius 3 is 2.50 bits per heavy atom. The zero-order valence-electron chi connectivity index (χ0n) is 8.79. The second-order valence-electron chi connectivity index (χ2n) is 3.76. The Bertz CT molecular complexity index is 443. The maximum Gasteiger partial charge on any atom is 0.246 e. The highest BCUT2D eigenvalue weighted by molar-refractivity contribution is 6.02. The van der Waals surface area contributed by atoms with Crippen molar-refractivity contribution in [2.45, 2.75) is 6.92 Å². The van der Waals surface area contributed by atoms with Crippen LogP contribution in [0.4, 0.5) is 10.1 Å². The van der Waals surface area contributed by atoms with Gasteiger partial charge in [-0.25, -0.2) is 4.39 Å². The van der Waals surface area contributed by atoms with E-state index in [0.29, 0.717) is 5.69 Å². The molecule has 1 N–H and O–H groups in total. The molecule has 1 aliphatic heterocycles. The molecule has 0 spiro atoms. The Hall–Kier alpha value is -1.91. The Morgan fingerprint density at radius 1 is 1.25 bits per heavy atom. The van der Waals surface area contributed by atoms with Crippen LogP contribution in [0, 0.1) is 12.7 Å². The highest BCUT2D eigenvalue weighted by Crippen LogP contribution is 2.21. The van der Waals surface area contributed by atoms with E-state index in [1.54, 1.807) is 11.0 Å². The predicted octanol–water partition coefficient (Wildman–Crippen LogP) is 0.597. The summed E-state index contributed by atoms with van der Waals surface area (Å²) in [5.41, 5.74) is 1.42. The van der Waals surface area contributed by atoms with Crippen molar-refractivity contribution >= 4 is 17.5 Å². The number of piperazine rings is 1. The van der Waals surface area contributed by atoms with Gasteiger partial charge in [-0.3, -0.25) is 14.9 Å². The summed E-state index contributed by atoms with van der Waals surface area (Å²) in [7, 11) is 0. The zero-order chi connectivity index (χ0) is 11.7. The number of halogens is 1. The largest absolute Gasteiger partial charge is 0.353 e. The lowest BCUT2D eigenvalue weighted by Gasteiger charge is -2.28. The third kappa shape index (κ3) is 2.03. The van der Waals surface area contributed by atoms with Crippen LogP contribution in [0.5, 0.6) is 0 Å². The molecule has 5 heteroatoms. The van der Waals surface area contributed by atoms with Crippen LogP contribution in [0.2, 0.25) is 0 Å². The Morgan fingerprint density at radius 2 is 1.88 bits per heavy atom. The summed E-state index contributed by atoms with van der Waals surface area (Å²) in [6.45, 7) is 1.97. The topological polar surface area (TPSA) is 49.4 Å². The number of hydrogen-bond acceptors (Lipinski definition) is 3. The summed E-state index contributed by atoms with van der Waals surface area (Å²) in [6, 6.07) is 4.31. The lowest BCUT2D eigenvalue weighted by molar-refractivity contribution is -0.130. The number of rotatable bonds is 1. The number of aryl methyl sites for hydroxylation is 1. The molecule has 4 nitrogen and oxygen atoms in total. The van der Waals surface area contributed by atoms with E-state index in [1.165, 1.54) is 12.1 Å². The molecule has 0 unspecified atom stereocenters. The van der Waals surface area contributed by atoms with E-state index in [9.17, 15) is 14.0 Å². The lowest BCUT2D eigenvalue weighted by atomic mass is 10.1. The first kappa shape index (κ1) is 10.6. The zero-order valence-corrected chi connectivity index (χ0v) is 8.79. The summed E-state index contributed by atoms with van der Waals surface area (Å²) in [5, 5.41) is 2.20. The van der Waals surface area contributed by atoms with Gasteiger partial charge in [0.15, 0.2) is 0 Å². The maximum absolute atomic E-state index is 13.1. The standard InChI is InChI=1S/C11H11FN2O2/c1-7-2-3-8(12)4-9(7)14-5-10(15)13-11(16)6-14/h2-4H,5-6H2,1H3,(H,13,15,16). The van der Waals surface area contributed by atoms with Gasteiger partial charge in [-0.2, -0.15) is 0 Å². The van der Waals surface area contributed by atoms with Gasteiger partial charge in [0.05, 0.1) is 13.1 Å². The van der Waals surface area contributed by atoms with Crippen LogP contribution in [-0.4, -0.2) is 24.9 Å². The van der Waals surface area contributed by atoms with E-state index in [4.69, 9.17) is 0 Å². The number of anilines is 1. The molecule has 0 aliphatic carbocycles. The number of amides is 2. The van der Waals surface area contributed by atoms with Crippen LogP contribution >= 0.6 is 0 Å². The Kier molecular flexibility index (Phi) is 2.60. The number of nitrogens with one attached hydrogen (secondary N) is 1. The molecule has 0 atom stereocenters. The molecule has 84 valence electrons. The molecule has 1 fully saturated rings. The van der Waals surface area contributed by atoms with E-state index in [0.717, 1.165) is 5.56 Å². The molecule has 2 amide bonds. The fourth-order valence-corrected chi connectivity index (χ4v) is 1.73.